The average molecular weight is 887 g/mol. The van der Waals surface area contributed by atoms with Crippen molar-refractivity contribution in [3.8, 4) is 33.8 Å². The molecule has 3 atom stereocenters. The zero-order valence-electron chi connectivity index (χ0n) is 39.0. The maximum absolute atomic E-state index is 12.5. The van der Waals surface area contributed by atoms with E-state index in [2.05, 4.69) is 41.7 Å². The lowest BCUT2D eigenvalue weighted by atomic mass is 9.81. The van der Waals surface area contributed by atoms with E-state index in [0.29, 0.717) is 23.7 Å². The van der Waals surface area contributed by atoms with Gasteiger partial charge in [0.05, 0.1) is 29.9 Å². The number of aliphatic carboxylic acids is 2. The molecule has 7 aromatic rings. The fourth-order valence-corrected chi connectivity index (χ4v) is 10.2. The van der Waals surface area contributed by atoms with Gasteiger partial charge in [-0.1, -0.05) is 60.7 Å². The summed E-state index contributed by atoms with van der Waals surface area (Å²) in [5, 5.41) is 29.3. The highest BCUT2D eigenvalue weighted by Gasteiger charge is 2.36. The van der Waals surface area contributed by atoms with Crippen LogP contribution in [0.5, 0.6) is 11.5 Å². The predicted molar refractivity (Wildman–Crippen MR) is 261 cm³/mol. The second-order valence-corrected chi connectivity index (χ2v) is 19.7. The van der Waals surface area contributed by atoms with E-state index in [1.807, 2.05) is 116 Å². The van der Waals surface area contributed by atoms with Crippen molar-refractivity contribution >= 4 is 50.1 Å². The minimum Gasteiger partial charge on any atom is -0.493 e. The summed E-state index contributed by atoms with van der Waals surface area (Å²) in [7, 11) is 0. The summed E-state index contributed by atoms with van der Waals surface area (Å²) < 4.78 is 24.2. The number of ether oxygens (including phenoxy) is 4. The van der Waals surface area contributed by atoms with Crippen molar-refractivity contribution in [2.24, 2.45) is 0 Å². The van der Waals surface area contributed by atoms with Gasteiger partial charge in [-0.15, -0.1) is 0 Å². The molecule has 0 saturated heterocycles. The van der Waals surface area contributed by atoms with E-state index in [9.17, 15) is 19.8 Å². The molecule has 0 bridgehead atoms. The Morgan fingerprint density at radius 1 is 0.697 bits per heavy atom. The monoisotopic (exact) mass is 886 g/mol. The number of nitrogens with one attached hydrogen (secondary N) is 1. The number of anilines is 1. The van der Waals surface area contributed by atoms with Crippen LogP contribution in [0.2, 0.25) is 0 Å². The summed E-state index contributed by atoms with van der Waals surface area (Å²) in [5.41, 5.74) is 9.92. The molecule has 0 saturated carbocycles. The minimum absolute atomic E-state index is 0.463. The highest BCUT2D eigenvalue weighted by atomic mass is 16.5. The molecule has 10 rings (SSSR count). The zero-order valence-corrected chi connectivity index (χ0v) is 39.0. The summed E-state index contributed by atoms with van der Waals surface area (Å²) in [4.78, 5) is 29.8. The van der Waals surface area contributed by atoms with Crippen LogP contribution in [-0.2, 0) is 25.5 Å². The van der Waals surface area contributed by atoms with E-state index >= 15 is 0 Å². The molecule has 0 radical (unpaired) electrons. The zero-order chi connectivity index (χ0) is 46.7. The number of carbonyl (C=O) groups is 2. The standard InChI is InChI=1S/C28H31NO4.C28H27NO4/c2*1-16-15-18-7-5-6-8-19(18)24(22(16)26(27(30)31)33-28(2,3)4)20-9-10-21-23-17(12-14-32-21)11-13-29-25(20)23/h5-10,15,17,26,29H,11-14H2,1-4H3,(H,30,31);5-11,13,15,26H,12,14H2,1-4H3,(H,30,31)/t17?,26-;26-/m00/s1. The number of hydrogen-bond acceptors (Lipinski definition) is 8. The molecular formula is C56H58N2O8. The molecule has 1 unspecified atom stereocenters. The van der Waals surface area contributed by atoms with Gasteiger partial charge in [-0.25, -0.2) is 9.59 Å². The number of carboxylic acid groups (broad SMARTS) is 2. The third-order valence-electron chi connectivity index (χ3n) is 12.7. The van der Waals surface area contributed by atoms with E-state index in [4.69, 9.17) is 23.9 Å². The van der Waals surface area contributed by atoms with E-state index in [0.717, 1.165) is 115 Å². The van der Waals surface area contributed by atoms with Crippen LogP contribution in [0.3, 0.4) is 0 Å². The number of benzene rings is 6. The van der Waals surface area contributed by atoms with E-state index in [1.165, 1.54) is 11.1 Å². The first-order chi connectivity index (χ1) is 31.5. The minimum atomic E-state index is -1.12. The Morgan fingerprint density at radius 2 is 1.24 bits per heavy atom. The molecule has 0 amide bonds. The molecule has 0 spiro atoms. The largest absolute Gasteiger partial charge is 0.493 e. The molecule has 10 nitrogen and oxygen atoms in total. The number of rotatable bonds is 8. The Hall–Kier alpha value is -6.49. The van der Waals surface area contributed by atoms with Gasteiger partial charge in [-0.2, -0.15) is 0 Å². The average Bonchev–Trinajstić information content (AvgIpc) is 3.27. The molecule has 3 N–H and O–H groups in total. The van der Waals surface area contributed by atoms with E-state index in [1.54, 1.807) is 0 Å². The van der Waals surface area contributed by atoms with Crippen LogP contribution in [-0.4, -0.2) is 58.1 Å². The first-order valence-electron chi connectivity index (χ1n) is 22.9. The van der Waals surface area contributed by atoms with Crippen molar-refractivity contribution in [3.05, 3.63) is 131 Å². The molecule has 1 aromatic heterocycles. The van der Waals surface area contributed by atoms with Crippen LogP contribution >= 0.6 is 0 Å². The van der Waals surface area contributed by atoms with E-state index < -0.39 is 35.3 Å². The van der Waals surface area contributed by atoms with Gasteiger partial charge in [-0.3, -0.25) is 4.98 Å². The molecule has 66 heavy (non-hydrogen) atoms. The van der Waals surface area contributed by atoms with Crippen molar-refractivity contribution in [2.75, 3.05) is 25.1 Å². The van der Waals surface area contributed by atoms with Crippen LogP contribution in [0.15, 0.2) is 97.2 Å². The van der Waals surface area contributed by atoms with Crippen molar-refractivity contribution in [3.63, 3.8) is 0 Å². The third-order valence-corrected chi connectivity index (χ3v) is 12.7. The van der Waals surface area contributed by atoms with Gasteiger partial charge in [0.15, 0.2) is 12.2 Å². The summed E-state index contributed by atoms with van der Waals surface area (Å²) in [5.74, 6) is 0.234. The summed E-state index contributed by atoms with van der Waals surface area (Å²) >= 11 is 0. The Bertz CT molecular complexity index is 3040. The summed E-state index contributed by atoms with van der Waals surface area (Å²) in [6, 6.07) is 30.5. The van der Waals surface area contributed by atoms with Crippen molar-refractivity contribution < 1.29 is 38.7 Å². The van der Waals surface area contributed by atoms with Crippen LogP contribution in [0.25, 0.3) is 54.7 Å². The lowest BCUT2D eigenvalue weighted by Gasteiger charge is -2.35. The quantitative estimate of drug-likeness (QED) is 0.135. The number of aryl methyl sites for hydroxylation is 2. The van der Waals surface area contributed by atoms with Crippen molar-refractivity contribution in [2.45, 2.75) is 104 Å². The number of aromatic nitrogens is 1. The SMILES string of the molecule is Cc1cc2ccccc2c(-c2ccc3c4c(ccnc24)CCO3)c1[C@H](OC(C)(C)C)C(=O)O.Cc1cc2ccccc2c(-c2ccc3c4c2NCCC4CCO3)c1[C@H](OC(C)(C)C)C(=O)O. The molecule has 0 fully saturated rings. The first kappa shape index (κ1) is 44.7. The molecule has 6 aromatic carbocycles. The van der Waals surface area contributed by atoms with Crippen molar-refractivity contribution in [1.82, 2.24) is 4.98 Å². The van der Waals surface area contributed by atoms with Crippen LogP contribution in [0, 0.1) is 13.8 Å². The number of carboxylic acids is 2. The molecular weight excluding hydrogens is 829 g/mol. The number of fused-ring (bicyclic) bond motifs is 2. The van der Waals surface area contributed by atoms with E-state index in [-0.39, 0.29) is 0 Å². The molecule has 0 aliphatic carbocycles. The second-order valence-electron chi connectivity index (χ2n) is 19.7. The van der Waals surface area contributed by atoms with Crippen LogP contribution in [0.4, 0.5) is 5.69 Å². The molecule has 10 heteroatoms. The first-order valence-corrected chi connectivity index (χ1v) is 22.9. The summed E-state index contributed by atoms with van der Waals surface area (Å²) in [6.45, 7) is 17.5. The predicted octanol–water partition coefficient (Wildman–Crippen LogP) is 12.7. The fourth-order valence-electron chi connectivity index (χ4n) is 10.2. The lowest BCUT2D eigenvalue weighted by molar-refractivity contribution is -0.161. The number of nitrogens with zero attached hydrogens (tertiary/aromatic N) is 1. The number of pyridine rings is 1. The van der Waals surface area contributed by atoms with Gasteiger partial charge in [0.2, 0.25) is 0 Å². The third kappa shape index (κ3) is 8.44. The maximum atomic E-state index is 12.5. The molecule has 4 heterocycles. The highest BCUT2D eigenvalue weighted by Crippen LogP contribution is 2.51. The fraction of sp³-hybridized carbons (Fsp3) is 0.339. The molecule has 3 aliphatic rings. The molecule has 340 valence electrons. The Kier molecular flexibility index (Phi) is 11.8. The highest BCUT2D eigenvalue weighted by molar-refractivity contribution is 6.09. The Balaban J connectivity index is 0.000000166. The van der Waals surface area contributed by atoms with Crippen LogP contribution in [0.1, 0.15) is 106 Å². The summed E-state index contributed by atoms with van der Waals surface area (Å²) in [6.07, 6.45) is 2.54. The smallest absolute Gasteiger partial charge is 0.337 e. The van der Waals surface area contributed by atoms with Crippen molar-refractivity contribution in [1.29, 1.82) is 0 Å². The topological polar surface area (TPSA) is 136 Å². The van der Waals surface area contributed by atoms with Gasteiger partial charge in [0.1, 0.15) is 11.5 Å². The Labute approximate surface area is 385 Å². The molecule has 3 aliphatic heterocycles. The van der Waals surface area contributed by atoms with Gasteiger partial charge in [0, 0.05) is 58.1 Å². The van der Waals surface area contributed by atoms with Gasteiger partial charge >= 0.3 is 11.9 Å². The normalized spacial score (nSPS) is 16.3. The van der Waals surface area contributed by atoms with Crippen LogP contribution < -0.4 is 14.8 Å². The van der Waals surface area contributed by atoms with Gasteiger partial charge in [0.25, 0.3) is 0 Å². The number of hydrogen-bond donors (Lipinski definition) is 3. The Morgan fingerprint density at radius 3 is 1.83 bits per heavy atom. The maximum Gasteiger partial charge on any atom is 0.337 e. The second kappa shape index (κ2) is 17.4. The lowest BCUT2D eigenvalue weighted by Crippen LogP contribution is -2.28. The van der Waals surface area contributed by atoms with Gasteiger partial charge < -0.3 is 34.5 Å². The van der Waals surface area contributed by atoms with Gasteiger partial charge in [-0.05, 0) is 154 Å².